The average Bonchev–Trinajstić information content (AvgIpc) is 2.62. The molecular formula is C13H18N2O2. The monoisotopic (exact) mass is 234 g/mol. The van der Waals surface area contributed by atoms with Gasteiger partial charge in [-0.05, 0) is 24.1 Å². The van der Waals surface area contributed by atoms with Crippen LogP contribution in [-0.4, -0.2) is 30.6 Å². The van der Waals surface area contributed by atoms with Crippen molar-refractivity contribution in [1.82, 2.24) is 4.90 Å². The lowest BCUT2D eigenvalue weighted by Gasteiger charge is -2.15. The van der Waals surface area contributed by atoms with Gasteiger partial charge < -0.3 is 15.4 Å². The predicted molar refractivity (Wildman–Crippen MR) is 66.7 cm³/mol. The second kappa shape index (κ2) is 5.19. The van der Waals surface area contributed by atoms with Crippen LogP contribution in [0.1, 0.15) is 29.3 Å². The lowest BCUT2D eigenvalue weighted by Crippen LogP contribution is -2.27. The zero-order valence-electron chi connectivity index (χ0n) is 10.1. The molecule has 1 aromatic rings. The van der Waals surface area contributed by atoms with Gasteiger partial charge in [0.15, 0.2) is 0 Å². The quantitative estimate of drug-likeness (QED) is 0.622. The molecule has 0 aromatic heterocycles. The van der Waals surface area contributed by atoms with Crippen molar-refractivity contribution < 1.29 is 9.53 Å². The number of benzene rings is 1. The molecule has 0 unspecified atom stereocenters. The first-order valence-electron chi connectivity index (χ1n) is 5.97. The third-order valence-electron chi connectivity index (χ3n) is 2.87. The van der Waals surface area contributed by atoms with E-state index in [9.17, 15) is 4.79 Å². The molecule has 0 radical (unpaired) electrons. The van der Waals surface area contributed by atoms with Gasteiger partial charge in [0.05, 0.1) is 6.61 Å². The van der Waals surface area contributed by atoms with E-state index < -0.39 is 0 Å². The molecule has 1 heterocycles. The van der Waals surface area contributed by atoms with Crippen molar-refractivity contribution in [1.29, 1.82) is 0 Å². The molecular weight excluding hydrogens is 216 g/mol. The first kappa shape index (κ1) is 11.9. The third kappa shape index (κ3) is 2.58. The number of anilines is 1. The Bertz CT molecular complexity index is 418. The van der Waals surface area contributed by atoms with Crippen LogP contribution in [0.4, 0.5) is 5.69 Å². The van der Waals surface area contributed by atoms with Gasteiger partial charge in [0.2, 0.25) is 0 Å². The van der Waals surface area contributed by atoms with Gasteiger partial charge in [-0.2, -0.15) is 0 Å². The summed E-state index contributed by atoms with van der Waals surface area (Å²) >= 11 is 0. The fraction of sp³-hybridized carbons (Fsp3) is 0.462. The molecule has 92 valence electrons. The SMILES string of the molecule is CCCOCCN1Cc2ccc(N)cc2C1=O. The summed E-state index contributed by atoms with van der Waals surface area (Å²) in [7, 11) is 0. The van der Waals surface area contributed by atoms with Crippen LogP contribution in [-0.2, 0) is 11.3 Å². The second-order valence-corrected chi connectivity index (χ2v) is 4.26. The van der Waals surface area contributed by atoms with Gasteiger partial charge in [-0.15, -0.1) is 0 Å². The van der Waals surface area contributed by atoms with Crippen molar-refractivity contribution in [2.24, 2.45) is 0 Å². The van der Waals surface area contributed by atoms with E-state index in [2.05, 4.69) is 6.92 Å². The normalized spacial score (nSPS) is 14.2. The number of ether oxygens (including phenoxy) is 1. The highest BCUT2D eigenvalue weighted by molar-refractivity contribution is 5.99. The highest BCUT2D eigenvalue weighted by Crippen LogP contribution is 2.24. The Hall–Kier alpha value is -1.55. The van der Waals surface area contributed by atoms with Crippen molar-refractivity contribution in [2.45, 2.75) is 19.9 Å². The number of fused-ring (bicyclic) bond motifs is 1. The Kier molecular flexibility index (Phi) is 3.64. The van der Waals surface area contributed by atoms with Crippen LogP contribution in [0, 0.1) is 0 Å². The molecule has 2 N–H and O–H groups in total. The van der Waals surface area contributed by atoms with E-state index in [1.807, 2.05) is 12.1 Å². The van der Waals surface area contributed by atoms with Crippen LogP contribution in [0.5, 0.6) is 0 Å². The summed E-state index contributed by atoms with van der Waals surface area (Å²) in [6.45, 7) is 4.74. The largest absolute Gasteiger partial charge is 0.399 e. The summed E-state index contributed by atoms with van der Waals surface area (Å²) in [4.78, 5) is 13.8. The molecule has 0 spiro atoms. The zero-order valence-corrected chi connectivity index (χ0v) is 10.1. The maximum atomic E-state index is 12.0. The van der Waals surface area contributed by atoms with Crippen molar-refractivity contribution in [3.63, 3.8) is 0 Å². The third-order valence-corrected chi connectivity index (χ3v) is 2.87. The van der Waals surface area contributed by atoms with E-state index >= 15 is 0 Å². The Morgan fingerprint density at radius 1 is 1.41 bits per heavy atom. The molecule has 1 aliphatic heterocycles. The van der Waals surface area contributed by atoms with E-state index in [1.165, 1.54) is 0 Å². The molecule has 0 fully saturated rings. The Labute approximate surface area is 101 Å². The number of carbonyl (C=O) groups excluding carboxylic acids is 1. The molecule has 0 saturated carbocycles. The summed E-state index contributed by atoms with van der Waals surface area (Å²) in [5, 5.41) is 0. The number of nitrogens with two attached hydrogens (primary N) is 1. The van der Waals surface area contributed by atoms with Gasteiger partial charge in [-0.3, -0.25) is 4.79 Å². The molecule has 1 aliphatic rings. The maximum absolute atomic E-state index is 12.0. The fourth-order valence-electron chi connectivity index (χ4n) is 1.98. The van der Waals surface area contributed by atoms with Crippen molar-refractivity contribution >= 4 is 11.6 Å². The van der Waals surface area contributed by atoms with Gasteiger partial charge in [0.1, 0.15) is 0 Å². The molecule has 0 bridgehead atoms. The summed E-state index contributed by atoms with van der Waals surface area (Å²) in [6, 6.07) is 5.52. The number of amides is 1. The first-order valence-corrected chi connectivity index (χ1v) is 5.97. The molecule has 0 saturated heterocycles. The van der Waals surface area contributed by atoms with Crippen molar-refractivity contribution in [3.8, 4) is 0 Å². The van der Waals surface area contributed by atoms with Crippen molar-refractivity contribution in [3.05, 3.63) is 29.3 Å². The summed E-state index contributed by atoms with van der Waals surface area (Å²) in [5.74, 6) is 0.0624. The molecule has 4 heteroatoms. The molecule has 1 aromatic carbocycles. The van der Waals surface area contributed by atoms with E-state index in [1.54, 1.807) is 11.0 Å². The number of carbonyl (C=O) groups is 1. The van der Waals surface area contributed by atoms with Crippen LogP contribution < -0.4 is 5.73 Å². The number of nitrogen functional groups attached to an aromatic ring is 1. The topological polar surface area (TPSA) is 55.6 Å². The van der Waals surface area contributed by atoms with Crippen LogP contribution in [0.2, 0.25) is 0 Å². The van der Waals surface area contributed by atoms with Gasteiger partial charge in [0, 0.05) is 30.9 Å². The second-order valence-electron chi connectivity index (χ2n) is 4.26. The van der Waals surface area contributed by atoms with Gasteiger partial charge in [-0.1, -0.05) is 13.0 Å². The summed E-state index contributed by atoms with van der Waals surface area (Å²) in [5.41, 5.74) is 8.11. The number of rotatable bonds is 5. The van der Waals surface area contributed by atoms with Crippen LogP contribution >= 0.6 is 0 Å². The number of nitrogens with zero attached hydrogens (tertiary/aromatic N) is 1. The molecule has 17 heavy (non-hydrogen) atoms. The molecule has 0 aliphatic carbocycles. The van der Waals surface area contributed by atoms with Gasteiger partial charge in [-0.25, -0.2) is 0 Å². The Morgan fingerprint density at radius 3 is 3.00 bits per heavy atom. The minimum atomic E-state index is 0.0624. The highest BCUT2D eigenvalue weighted by atomic mass is 16.5. The van der Waals surface area contributed by atoms with E-state index in [0.717, 1.165) is 24.2 Å². The fourth-order valence-corrected chi connectivity index (χ4v) is 1.98. The molecule has 2 rings (SSSR count). The average molecular weight is 234 g/mol. The highest BCUT2D eigenvalue weighted by Gasteiger charge is 2.26. The first-order chi connectivity index (χ1) is 8.22. The maximum Gasteiger partial charge on any atom is 0.254 e. The zero-order chi connectivity index (χ0) is 12.3. The number of hydrogen-bond acceptors (Lipinski definition) is 3. The van der Waals surface area contributed by atoms with Crippen LogP contribution in [0.15, 0.2) is 18.2 Å². The lowest BCUT2D eigenvalue weighted by atomic mass is 10.1. The van der Waals surface area contributed by atoms with Gasteiger partial charge >= 0.3 is 0 Å². The molecule has 4 nitrogen and oxygen atoms in total. The summed E-state index contributed by atoms with van der Waals surface area (Å²) in [6.07, 6.45) is 1.00. The Balaban J connectivity index is 1.95. The predicted octanol–water partition coefficient (Wildman–Crippen LogP) is 1.65. The summed E-state index contributed by atoms with van der Waals surface area (Å²) < 4.78 is 5.40. The van der Waals surface area contributed by atoms with E-state index in [0.29, 0.717) is 25.4 Å². The Morgan fingerprint density at radius 2 is 2.24 bits per heavy atom. The standard InChI is InChI=1S/C13H18N2O2/c1-2-6-17-7-5-15-9-10-3-4-11(14)8-12(10)13(15)16/h3-4,8H,2,5-7,9,14H2,1H3. The van der Waals surface area contributed by atoms with Gasteiger partial charge in [0.25, 0.3) is 5.91 Å². The van der Waals surface area contributed by atoms with E-state index in [-0.39, 0.29) is 5.91 Å². The van der Waals surface area contributed by atoms with Crippen molar-refractivity contribution in [2.75, 3.05) is 25.5 Å². The van der Waals surface area contributed by atoms with E-state index in [4.69, 9.17) is 10.5 Å². The molecule has 0 atom stereocenters. The smallest absolute Gasteiger partial charge is 0.254 e. The van der Waals surface area contributed by atoms with Crippen LogP contribution in [0.3, 0.4) is 0 Å². The minimum absolute atomic E-state index is 0.0624. The number of hydrogen-bond donors (Lipinski definition) is 1. The molecule has 1 amide bonds. The lowest BCUT2D eigenvalue weighted by molar-refractivity contribution is 0.0665. The van der Waals surface area contributed by atoms with Crippen LogP contribution in [0.25, 0.3) is 0 Å². The minimum Gasteiger partial charge on any atom is -0.399 e.